The van der Waals surface area contributed by atoms with E-state index in [4.69, 9.17) is 5.73 Å². The van der Waals surface area contributed by atoms with Gasteiger partial charge in [-0.2, -0.15) is 0 Å². The Morgan fingerprint density at radius 2 is 2.36 bits per heavy atom. The number of hydrogen-bond acceptors (Lipinski definition) is 2. The van der Waals surface area contributed by atoms with E-state index in [1.165, 1.54) is 5.56 Å². The van der Waals surface area contributed by atoms with Gasteiger partial charge in [0.15, 0.2) is 0 Å². The van der Waals surface area contributed by atoms with Crippen molar-refractivity contribution >= 4 is 15.9 Å². The maximum atomic E-state index is 5.86. The second-order valence-corrected chi connectivity index (χ2v) is 4.83. The van der Waals surface area contributed by atoms with Gasteiger partial charge in [-0.3, -0.25) is 4.90 Å². The van der Waals surface area contributed by atoms with Crippen LogP contribution in [0.5, 0.6) is 0 Å². The Labute approximate surface area is 93.2 Å². The normalized spacial score (nSPS) is 22.9. The molecule has 0 amide bonds. The molecule has 76 valence electrons. The Bertz CT molecular complexity index is 314. The average molecular weight is 255 g/mol. The van der Waals surface area contributed by atoms with E-state index < -0.39 is 0 Å². The molecule has 0 unspecified atom stereocenters. The Kier molecular flexibility index (Phi) is 3.21. The summed E-state index contributed by atoms with van der Waals surface area (Å²) in [6, 6.07) is 8.84. The van der Waals surface area contributed by atoms with E-state index in [2.05, 4.69) is 45.1 Å². The molecule has 3 heteroatoms. The lowest BCUT2D eigenvalue weighted by Gasteiger charge is -2.15. The van der Waals surface area contributed by atoms with Gasteiger partial charge in [-0.05, 0) is 24.1 Å². The summed E-state index contributed by atoms with van der Waals surface area (Å²) in [4.78, 5) is 2.41. The molecule has 14 heavy (non-hydrogen) atoms. The summed E-state index contributed by atoms with van der Waals surface area (Å²) in [6.45, 7) is 3.19. The maximum Gasteiger partial charge on any atom is 0.0234 e. The fourth-order valence-corrected chi connectivity index (χ4v) is 2.35. The van der Waals surface area contributed by atoms with Gasteiger partial charge in [0.25, 0.3) is 0 Å². The average Bonchev–Trinajstić information content (AvgIpc) is 2.51. The molecule has 2 N–H and O–H groups in total. The highest BCUT2D eigenvalue weighted by atomic mass is 79.9. The first-order valence-corrected chi connectivity index (χ1v) is 5.76. The molecule has 0 radical (unpaired) electrons. The molecule has 0 saturated carbocycles. The predicted molar refractivity (Wildman–Crippen MR) is 62.0 cm³/mol. The molecule has 1 saturated heterocycles. The molecular formula is C11H15BrN2. The van der Waals surface area contributed by atoms with Crippen molar-refractivity contribution in [2.45, 2.75) is 19.0 Å². The van der Waals surface area contributed by atoms with Gasteiger partial charge in [0.1, 0.15) is 0 Å². The first-order valence-electron chi connectivity index (χ1n) is 4.96. The van der Waals surface area contributed by atoms with Crippen molar-refractivity contribution in [3.8, 4) is 0 Å². The third-order valence-corrected chi connectivity index (χ3v) is 3.10. The predicted octanol–water partition coefficient (Wildman–Crippen LogP) is 1.98. The third kappa shape index (κ3) is 2.56. The SMILES string of the molecule is N[C@H]1CCN(Cc2cccc(Br)c2)C1. The van der Waals surface area contributed by atoms with Gasteiger partial charge in [-0.25, -0.2) is 0 Å². The van der Waals surface area contributed by atoms with E-state index in [-0.39, 0.29) is 0 Å². The van der Waals surface area contributed by atoms with Crippen LogP contribution in [0.4, 0.5) is 0 Å². The molecule has 1 aromatic rings. The molecular weight excluding hydrogens is 240 g/mol. The summed E-state index contributed by atoms with van der Waals surface area (Å²) in [7, 11) is 0. The molecule has 2 nitrogen and oxygen atoms in total. The summed E-state index contributed by atoms with van der Waals surface area (Å²) in [6.07, 6.45) is 1.13. The standard InChI is InChI=1S/C11H15BrN2/c12-10-3-1-2-9(6-10)7-14-5-4-11(13)8-14/h1-3,6,11H,4-5,7-8,13H2/t11-/m0/s1. The van der Waals surface area contributed by atoms with Crippen LogP contribution in [-0.4, -0.2) is 24.0 Å². The quantitative estimate of drug-likeness (QED) is 0.875. The van der Waals surface area contributed by atoms with E-state index in [1.54, 1.807) is 0 Å². The van der Waals surface area contributed by atoms with Crippen molar-refractivity contribution in [3.05, 3.63) is 34.3 Å². The fraction of sp³-hybridized carbons (Fsp3) is 0.455. The molecule has 0 spiro atoms. The third-order valence-electron chi connectivity index (χ3n) is 2.60. The van der Waals surface area contributed by atoms with Gasteiger partial charge in [0.2, 0.25) is 0 Å². The van der Waals surface area contributed by atoms with E-state index >= 15 is 0 Å². The van der Waals surface area contributed by atoms with Crippen molar-refractivity contribution in [2.75, 3.05) is 13.1 Å². The van der Waals surface area contributed by atoms with Gasteiger partial charge >= 0.3 is 0 Å². The Morgan fingerprint density at radius 3 is 3.00 bits per heavy atom. The van der Waals surface area contributed by atoms with E-state index in [9.17, 15) is 0 Å². The van der Waals surface area contributed by atoms with Crippen LogP contribution >= 0.6 is 15.9 Å². The molecule has 1 atom stereocenters. The number of nitrogens with two attached hydrogens (primary N) is 1. The van der Waals surface area contributed by atoms with Crippen LogP contribution in [0, 0.1) is 0 Å². The molecule has 1 aliphatic rings. The smallest absolute Gasteiger partial charge is 0.0234 e. The summed E-state index contributed by atoms with van der Waals surface area (Å²) in [5.41, 5.74) is 7.21. The van der Waals surface area contributed by atoms with Gasteiger partial charge < -0.3 is 5.73 Å². The summed E-state index contributed by atoms with van der Waals surface area (Å²) in [5, 5.41) is 0. The molecule has 1 aromatic carbocycles. The van der Waals surface area contributed by atoms with Crippen LogP contribution in [-0.2, 0) is 6.54 Å². The first kappa shape index (κ1) is 10.1. The maximum absolute atomic E-state index is 5.86. The van der Waals surface area contributed by atoms with Crippen molar-refractivity contribution in [1.29, 1.82) is 0 Å². The zero-order chi connectivity index (χ0) is 9.97. The van der Waals surface area contributed by atoms with Crippen molar-refractivity contribution in [1.82, 2.24) is 4.90 Å². The summed E-state index contributed by atoms with van der Waals surface area (Å²) >= 11 is 3.48. The molecule has 0 aliphatic carbocycles. The van der Waals surface area contributed by atoms with E-state index in [0.717, 1.165) is 30.5 Å². The van der Waals surface area contributed by atoms with Crippen LogP contribution in [0.2, 0.25) is 0 Å². The van der Waals surface area contributed by atoms with Gasteiger partial charge in [-0.15, -0.1) is 0 Å². The lowest BCUT2D eigenvalue weighted by atomic mass is 10.2. The zero-order valence-electron chi connectivity index (χ0n) is 8.12. The fourth-order valence-electron chi connectivity index (χ4n) is 1.90. The van der Waals surface area contributed by atoms with Gasteiger partial charge in [-0.1, -0.05) is 28.1 Å². The van der Waals surface area contributed by atoms with Gasteiger partial charge in [0.05, 0.1) is 0 Å². The zero-order valence-corrected chi connectivity index (χ0v) is 9.70. The summed E-state index contributed by atoms with van der Waals surface area (Å²) < 4.78 is 1.15. The molecule has 1 heterocycles. The largest absolute Gasteiger partial charge is 0.326 e. The molecule has 0 aromatic heterocycles. The number of halogens is 1. The van der Waals surface area contributed by atoms with Gasteiger partial charge in [0, 0.05) is 30.1 Å². The number of hydrogen-bond donors (Lipinski definition) is 1. The highest BCUT2D eigenvalue weighted by molar-refractivity contribution is 9.10. The first-order chi connectivity index (χ1) is 6.74. The molecule has 0 bridgehead atoms. The second kappa shape index (κ2) is 4.43. The second-order valence-electron chi connectivity index (χ2n) is 3.91. The van der Waals surface area contributed by atoms with Crippen LogP contribution in [0.1, 0.15) is 12.0 Å². The number of nitrogens with zero attached hydrogens (tertiary/aromatic N) is 1. The summed E-state index contributed by atoms with van der Waals surface area (Å²) in [5.74, 6) is 0. The number of benzene rings is 1. The molecule has 1 fully saturated rings. The highest BCUT2D eigenvalue weighted by Crippen LogP contribution is 2.16. The van der Waals surface area contributed by atoms with Crippen molar-refractivity contribution in [2.24, 2.45) is 5.73 Å². The number of rotatable bonds is 2. The minimum absolute atomic E-state index is 0.377. The Balaban J connectivity index is 1.97. The van der Waals surface area contributed by atoms with Crippen LogP contribution in [0.15, 0.2) is 28.7 Å². The minimum Gasteiger partial charge on any atom is -0.326 e. The highest BCUT2D eigenvalue weighted by Gasteiger charge is 2.18. The van der Waals surface area contributed by atoms with Crippen molar-refractivity contribution in [3.63, 3.8) is 0 Å². The van der Waals surface area contributed by atoms with Crippen molar-refractivity contribution < 1.29 is 0 Å². The monoisotopic (exact) mass is 254 g/mol. The Hall–Kier alpha value is -0.380. The lowest BCUT2D eigenvalue weighted by molar-refractivity contribution is 0.327. The van der Waals surface area contributed by atoms with E-state index in [0.29, 0.717) is 6.04 Å². The van der Waals surface area contributed by atoms with Crippen LogP contribution in [0.3, 0.4) is 0 Å². The lowest BCUT2D eigenvalue weighted by Crippen LogP contribution is -2.26. The number of likely N-dealkylation sites (tertiary alicyclic amines) is 1. The molecule has 2 rings (SSSR count). The van der Waals surface area contributed by atoms with E-state index in [1.807, 2.05) is 0 Å². The Morgan fingerprint density at radius 1 is 1.50 bits per heavy atom. The molecule has 1 aliphatic heterocycles. The van der Waals surface area contributed by atoms with Crippen LogP contribution in [0.25, 0.3) is 0 Å². The minimum atomic E-state index is 0.377. The topological polar surface area (TPSA) is 29.3 Å². The van der Waals surface area contributed by atoms with Crippen LogP contribution < -0.4 is 5.73 Å².